The van der Waals surface area contributed by atoms with Gasteiger partial charge in [-0.3, -0.25) is 0 Å². The van der Waals surface area contributed by atoms with E-state index >= 15 is 0 Å². The smallest absolute Gasteiger partial charge is 0.426 e. The highest BCUT2D eigenvalue weighted by molar-refractivity contribution is 5.46. The number of benzene rings is 1. The van der Waals surface area contributed by atoms with Crippen LogP contribution in [0.5, 0.6) is 17.2 Å². The summed E-state index contributed by atoms with van der Waals surface area (Å²) in [5.74, 6) is 0.878. The Morgan fingerprint density at radius 2 is 1.94 bits per heavy atom. The first-order valence-corrected chi connectivity index (χ1v) is 5.26. The topological polar surface area (TPSA) is 53.7 Å². The van der Waals surface area contributed by atoms with Gasteiger partial charge in [0.1, 0.15) is 5.75 Å². The van der Waals surface area contributed by atoms with E-state index in [4.69, 9.17) is 19.9 Å². The van der Waals surface area contributed by atoms with E-state index in [1.165, 1.54) is 25.1 Å². The summed E-state index contributed by atoms with van der Waals surface area (Å²) in [5.41, 5.74) is 5.28. The fourth-order valence-electron chi connectivity index (χ4n) is 1.57. The molecule has 0 amide bonds. The van der Waals surface area contributed by atoms with Crippen molar-refractivity contribution in [1.29, 1.82) is 0 Å². The number of hydrogen-bond acceptors (Lipinski definition) is 4. The minimum atomic E-state index is -4.52. The van der Waals surface area contributed by atoms with E-state index in [-0.39, 0.29) is 12.5 Å². The molecule has 0 radical (unpaired) electrons. The molecule has 0 saturated heterocycles. The van der Waals surface area contributed by atoms with Crippen LogP contribution in [0.3, 0.4) is 0 Å². The molecule has 7 heteroatoms. The Balaban J connectivity index is 2.17. The summed E-state index contributed by atoms with van der Waals surface area (Å²) in [7, 11) is 0. The van der Waals surface area contributed by atoms with Crippen LogP contribution in [-0.2, 0) is 0 Å². The number of rotatable bonds is 3. The van der Waals surface area contributed by atoms with Crippen LogP contribution in [0.15, 0.2) is 18.2 Å². The largest absolute Gasteiger partial charge is 0.479 e. The molecule has 2 unspecified atom stereocenters. The van der Waals surface area contributed by atoms with Crippen molar-refractivity contribution in [3.05, 3.63) is 18.2 Å². The van der Waals surface area contributed by atoms with Crippen molar-refractivity contribution in [3.8, 4) is 17.2 Å². The second kappa shape index (κ2) is 4.56. The minimum absolute atomic E-state index is 0.0406. The van der Waals surface area contributed by atoms with Gasteiger partial charge in [0.15, 0.2) is 11.5 Å². The lowest BCUT2D eigenvalue weighted by Crippen LogP contribution is -2.47. The van der Waals surface area contributed by atoms with Gasteiger partial charge in [0.05, 0.1) is 0 Å². The zero-order chi connectivity index (χ0) is 13.3. The Bertz CT molecular complexity index is 434. The number of nitrogens with two attached hydrogens (primary N) is 1. The zero-order valence-corrected chi connectivity index (χ0v) is 9.53. The maximum absolute atomic E-state index is 12.7. The number of ether oxygens (including phenoxy) is 3. The molecule has 100 valence electrons. The van der Waals surface area contributed by atoms with Gasteiger partial charge >= 0.3 is 6.18 Å². The van der Waals surface area contributed by atoms with Crippen LogP contribution in [0.4, 0.5) is 13.2 Å². The lowest BCUT2D eigenvalue weighted by molar-refractivity contribution is -0.199. The molecule has 2 N–H and O–H groups in total. The molecule has 0 aliphatic carbocycles. The van der Waals surface area contributed by atoms with Gasteiger partial charge < -0.3 is 19.9 Å². The third-order valence-corrected chi connectivity index (χ3v) is 2.41. The minimum Gasteiger partial charge on any atom is -0.479 e. The molecule has 0 bridgehead atoms. The maximum Gasteiger partial charge on any atom is 0.426 e. The first-order valence-electron chi connectivity index (χ1n) is 5.26. The molecule has 1 aliphatic rings. The summed E-state index contributed by atoms with van der Waals surface area (Å²) in [6.45, 7) is 1.29. The van der Waals surface area contributed by atoms with Crippen molar-refractivity contribution in [3.63, 3.8) is 0 Å². The molecule has 18 heavy (non-hydrogen) atoms. The van der Waals surface area contributed by atoms with E-state index < -0.39 is 18.3 Å². The van der Waals surface area contributed by atoms with E-state index in [1.54, 1.807) is 0 Å². The lowest BCUT2D eigenvalue weighted by atomic mass is 10.2. The third-order valence-electron chi connectivity index (χ3n) is 2.41. The summed E-state index contributed by atoms with van der Waals surface area (Å²) in [6, 6.07) is 3.06. The Kier molecular flexibility index (Phi) is 3.25. The summed E-state index contributed by atoms with van der Waals surface area (Å²) in [4.78, 5) is 0. The Labute approximate surface area is 101 Å². The van der Waals surface area contributed by atoms with E-state index in [0.717, 1.165) is 0 Å². The van der Waals surface area contributed by atoms with Gasteiger partial charge in [-0.15, -0.1) is 0 Å². The van der Waals surface area contributed by atoms with Gasteiger partial charge in [0.2, 0.25) is 12.9 Å². The van der Waals surface area contributed by atoms with Crippen molar-refractivity contribution < 1.29 is 27.4 Å². The Morgan fingerprint density at radius 3 is 2.56 bits per heavy atom. The normalized spacial score (nSPS) is 17.4. The van der Waals surface area contributed by atoms with Crippen LogP contribution in [0.2, 0.25) is 0 Å². The van der Waals surface area contributed by atoms with Crippen molar-refractivity contribution in [1.82, 2.24) is 0 Å². The monoisotopic (exact) mass is 263 g/mol. The Morgan fingerprint density at radius 1 is 1.28 bits per heavy atom. The first kappa shape index (κ1) is 12.8. The molecular weight excluding hydrogens is 251 g/mol. The third kappa shape index (κ3) is 2.61. The predicted octanol–water partition coefficient (Wildman–Crippen LogP) is 2.07. The first-order chi connectivity index (χ1) is 8.38. The number of alkyl halides is 3. The molecule has 1 heterocycles. The van der Waals surface area contributed by atoms with Crippen LogP contribution in [-0.4, -0.2) is 25.1 Å². The van der Waals surface area contributed by atoms with E-state index in [2.05, 4.69) is 0 Å². The van der Waals surface area contributed by atoms with Gasteiger partial charge in [0, 0.05) is 12.1 Å². The van der Waals surface area contributed by atoms with Crippen LogP contribution in [0.25, 0.3) is 0 Å². The van der Waals surface area contributed by atoms with Crippen LogP contribution in [0, 0.1) is 0 Å². The van der Waals surface area contributed by atoms with Crippen LogP contribution in [0.1, 0.15) is 6.92 Å². The van der Waals surface area contributed by atoms with Crippen LogP contribution >= 0.6 is 0 Å². The van der Waals surface area contributed by atoms with Gasteiger partial charge in [-0.25, -0.2) is 0 Å². The number of fused-ring (bicyclic) bond motifs is 1. The van der Waals surface area contributed by atoms with Gasteiger partial charge in [-0.05, 0) is 19.1 Å². The van der Waals surface area contributed by atoms with Crippen molar-refractivity contribution in [2.75, 3.05) is 6.79 Å². The van der Waals surface area contributed by atoms with E-state index in [0.29, 0.717) is 11.5 Å². The summed E-state index contributed by atoms with van der Waals surface area (Å²) in [6.07, 6.45) is -6.58. The molecule has 1 aromatic carbocycles. The number of hydrogen-bond donors (Lipinski definition) is 1. The second-order valence-corrected chi connectivity index (χ2v) is 3.95. The van der Waals surface area contributed by atoms with E-state index in [9.17, 15) is 13.2 Å². The molecule has 0 aromatic heterocycles. The van der Waals surface area contributed by atoms with Gasteiger partial charge in [-0.2, -0.15) is 13.2 Å². The summed E-state index contributed by atoms with van der Waals surface area (Å²) >= 11 is 0. The van der Waals surface area contributed by atoms with Crippen molar-refractivity contribution >= 4 is 0 Å². The fourth-order valence-corrected chi connectivity index (χ4v) is 1.57. The average molecular weight is 263 g/mol. The molecule has 2 atom stereocenters. The molecule has 2 rings (SSSR count). The van der Waals surface area contributed by atoms with Gasteiger partial charge in [0.25, 0.3) is 0 Å². The molecule has 1 aromatic rings. The maximum atomic E-state index is 12.7. The molecule has 0 spiro atoms. The highest BCUT2D eigenvalue weighted by Gasteiger charge is 2.44. The van der Waals surface area contributed by atoms with Crippen LogP contribution < -0.4 is 19.9 Å². The second-order valence-electron chi connectivity index (χ2n) is 3.95. The van der Waals surface area contributed by atoms with Gasteiger partial charge in [-0.1, -0.05) is 0 Å². The molecule has 0 fully saturated rings. The predicted molar refractivity (Wildman–Crippen MR) is 56.7 cm³/mol. The summed E-state index contributed by atoms with van der Waals surface area (Å²) in [5, 5.41) is 0. The molecule has 1 aliphatic heterocycles. The quantitative estimate of drug-likeness (QED) is 0.907. The highest BCUT2D eigenvalue weighted by Crippen LogP contribution is 2.36. The zero-order valence-electron chi connectivity index (χ0n) is 9.53. The highest BCUT2D eigenvalue weighted by atomic mass is 19.4. The lowest BCUT2D eigenvalue weighted by Gasteiger charge is -2.24. The standard InChI is InChI=1S/C11H12F3NO3/c1-6(15)10(11(12,13)14)18-7-2-3-8-9(4-7)17-5-16-8/h2-4,6,10H,5,15H2,1H3. The molecular formula is C11H12F3NO3. The molecule has 0 saturated carbocycles. The van der Waals surface area contributed by atoms with Crippen molar-refractivity contribution in [2.45, 2.75) is 25.2 Å². The fraction of sp³-hybridized carbons (Fsp3) is 0.455. The number of halogens is 3. The average Bonchev–Trinajstić information content (AvgIpc) is 2.70. The molecule has 4 nitrogen and oxygen atoms in total. The SMILES string of the molecule is CC(N)C(Oc1ccc2c(c1)OCO2)C(F)(F)F. The summed E-state index contributed by atoms with van der Waals surface area (Å²) < 4.78 is 53.0. The Hall–Kier alpha value is -1.63. The van der Waals surface area contributed by atoms with Crippen molar-refractivity contribution in [2.24, 2.45) is 5.73 Å². The van der Waals surface area contributed by atoms with E-state index in [1.807, 2.05) is 0 Å².